The van der Waals surface area contributed by atoms with Gasteiger partial charge in [-0.25, -0.2) is 13.6 Å². The first-order valence-electron chi connectivity index (χ1n) is 6.16. The van der Waals surface area contributed by atoms with Gasteiger partial charge in [0.15, 0.2) is 0 Å². The molecule has 0 radical (unpaired) electrons. The number of hydrogen-bond acceptors (Lipinski definition) is 3. The summed E-state index contributed by atoms with van der Waals surface area (Å²) >= 11 is 0. The summed E-state index contributed by atoms with van der Waals surface area (Å²) in [4.78, 5) is 2.24. The Bertz CT molecular complexity index is 284. The van der Waals surface area contributed by atoms with Gasteiger partial charge in [-0.15, -0.1) is 0 Å². The van der Waals surface area contributed by atoms with E-state index in [1.807, 2.05) is 0 Å². The molecule has 0 unspecified atom stereocenters. The number of primary sulfonamides is 1. The van der Waals surface area contributed by atoms with Crippen LogP contribution in [0.3, 0.4) is 0 Å². The van der Waals surface area contributed by atoms with Gasteiger partial charge in [-0.3, -0.25) is 0 Å². The van der Waals surface area contributed by atoms with Gasteiger partial charge in [-0.2, -0.15) is 0 Å². The third-order valence-electron chi connectivity index (χ3n) is 3.26. The molecule has 0 aromatic heterocycles. The highest BCUT2D eigenvalue weighted by molar-refractivity contribution is 7.89. The molecular formula is C11H24N2O2S. The highest BCUT2D eigenvalue weighted by Crippen LogP contribution is 2.23. The molecular weight excluding hydrogens is 224 g/mol. The normalized spacial score (nSPS) is 19.2. The summed E-state index contributed by atoms with van der Waals surface area (Å²) < 4.78 is 21.5. The standard InChI is InChI=1S/C11H24N2O2S/c1-13(8-5-9-16(12,14)15)10-11-6-3-2-4-7-11/h11H,2-10H2,1H3,(H2,12,14,15). The van der Waals surface area contributed by atoms with Crippen LogP contribution >= 0.6 is 0 Å². The molecule has 0 heterocycles. The van der Waals surface area contributed by atoms with Crippen LogP contribution in [0.15, 0.2) is 0 Å². The molecule has 0 aliphatic heterocycles. The monoisotopic (exact) mass is 248 g/mol. The van der Waals surface area contributed by atoms with Crippen molar-refractivity contribution < 1.29 is 8.42 Å². The van der Waals surface area contributed by atoms with Crippen molar-refractivity contribution in [2.75, 3.05) is 25.9 Å². The summed E-state index contributed by atoms with van der Waals surface area (Å²) in [5.41, 5.74) is 0. The molecule has 2 N–H and O–H groups in total. The SMILES string of the molecule is CN(CCCS(N)(=O)=O)CC1CCCCC1. The molecule has 1 saturated carbocycles. The van der Waals surface area contributed by atoms with E-state index in [2.05, 4.69) is 11.9 Å². The van der Waals surface area contributed by atoms with Crippen LogP contribution in [0.1, 0.15) is 38.5 Å². The minimum absolute atomic E-state index is 0.0992. The maximum absolute atomic E-state index is 10.8. The topological polar surface area (TPSA) is 63.4 Å². The summed E-state index contributed by atoms with van der Waals surface area (Å²) in [6.45, 7) is 1.93. The summed E-state index contributed by atoms with van der Waals surface area (Å²) in [6.07, 6.45) is 7.40. The lowest BCUT2D eigenvalue weighted by Gasteiger charge is -2.26. The minimum Gasteiger partial charge on any atom is -0.306 e. The van der Waals surface area contributed by atoms with E-state index in [4.69, 9.17) is 5.14 Å². The Balaban J connectivity index is 2.12. The number of sulfonamides is 1. The lowest BCUT2D eigenvalue weighted by molar-refractivity contribution is 0.234. The molecule has 0 spiro atoms. The zero-order valence-electron chi connectivity index (χ0n) is 10.2. The zero-order chi connectivity index (χ0) is 12.0. The number of nitrogens with zero attached hydrogens (tertiary/aromatic N) is 1. The predicted octanol–water partition coefficient (Wildman–Crippen LogP) is 1.18. The average molecular weight is 248 g/mol. The van der Waals surface area contributed by atoms with Crippen molar-refractivity contribution in [3.8, 4) is 0 Å². The summed E-state index contributed by atoms with van der Waals surface area (Å²) in [5.74, 6) is 0.912. The minimum atomic E-state index is -3.28. The number of hydrogen-bond donors (Lipinski definition) is 1. The van der Waals surface area contributed by atoms with Crippen molar-refractivity contribution in [3.05, 3.63) is 0 Å². The first kappa shape index (κ1) is 13.9. The van der Waals surface area contributed by atoms with E-state index < -0.39 is 10.0 Å². The molecule has 0 atom stereocenters. The molecule has 4 nitrogen and oxygen atoms in total. The first-order valence-corrected chi connectivity index (χ1v) is 7.88. The summed E-state index contributed by atoms with van der Waals surface area (Å²) in [7, 11) is -1.21. The van der Waals surface area contributed by atoms with Gasteiger partial charge in [0.2, 0.25) is 10.0 Å². The van der Waals surface area contributed by atoms with Crippen molar-refractivity contribution in [2.45, 2.75) is 38.5 Å². The molecule has 1 aliphatic rings. The molecule has 0 aromatic carbocycles. The summed E-state index contributed by atoms with van der Waals surface area (Å²) in [6, 6.07) is 0. The van der Waals surface area contributed by atoms with Crippen molar-refractivity contribution in [3.63, 3.8) is 0 Å². The van der Waals surface area contributed by atoms with Crippen LogP contribution in [0.5, 0.6) is 0 Å². The lowest BCUT2D eigenvalue weighted by atomic mass is 9.89. The van der Waals surface area contributed by atoms with Gasteiger partial charge in [0.1, 0.15) is 0 Å². The maximum Gasteiger partial charge on any atom is 0.209 e. The van der Waals surface area contributed by atoms with Gasteiger partial charge in [0, 0.05) is 6.54 Å². The lowest BCUT2D eigenvalue weighted by Crippen LogP contribution is -2.29. The Kier molecular flexibility index (Phi) is 5.72. The van der Waals surface area contributed by atoms with Crippen LogP contribution in [0.2, 0.25) is 0 Å². The summed E-state index contributed by atoms with van der Waals surface area (Å²) in [5, 5.41) is 4.96. The van der Waals surface area contributed by atoms with Gasteiger partial charge in [0.05, 0.1) is 5.75 Å². The fourth-order valence-electron chi connectivity index (χ4n) is 2.44. The molecule has 96 valence electrons. The highest BCUT2D eigenvalue weighted by Gasteiger charge is 2.15. The van der Waals surface area contributed by atoms with Crippen LogP contribution in [0, 0.1) is 5.92 Å². The fourth-order valence-corrected chi connectivity index (χ4v) is 2.97. The fraction of sp³-hybridized carbons (Fsp3) is 1.00. The second kappa shape index (κ2) is 6.57. The van der Waals surface area contributed by atoms with Crippen molar-refractivity contribution >= 4 is 10.0 Å². The Hall–Kier alpha value is -0.130. The van der Waals surface area contributed by atoms with Crippen molar-refractivity contribution in [1.82, 2.24) is 4.90 Å². The van der Waals surface area contributed by atoms with Gasteiger partial charge < -0.3 is 4.90 Å². The molecule has 1 aliphatic carbocycles. The molecule has 1 fully saturated rings. The Labute approximate surface area is 99.2 Å². The molecule has 5 heteroatoms. The molecule has 0 amide bonds. The van der Waals surface area contributed by atoms with E-state index in [0.29, 0.717) is 6.42 Å². The Morgan fingerprint density at radius 1 is 1.25 bits per heavy atom. The van der Waals surface area contributed by atoms with Gasteiger partial charge in [0.25, 0.3) is 0 Å². The number of nitrogens with two attached hydrogens (primary N) is 1. The second-order valence-corrected chi connectivity index (χ2v) is 6.72. The van der Waals surface area contributed by atoms with Crippen LogP contribution < -0.4 is 5.14 Å². The van der Waals surface area contributed by atoms with Gasteiger partial charge in [-0.05, 0) is 38.8 Å². The smallest absolute Gasteiger partial charge is 0.209 e. The predicted molar refractivity (Wildman–Crippen MR) is 66.7 cm³/mol. The van der Waals surface area contributed by atoms with E-state index in [-0.39, 0.29) is 5.75 Å². The van der Waals surface area contributed by atoms with Crippen molar-refractivity contribution in [2.24, 2.45) is 11.1 Å². The van der Waals surface area contributed by atoms with Crippen LogP contribution in [-0.4, -0.2) is 39.2 Å². The van der Waals surface area contributed by atoms with E-state index in [9.17, 15) is 8.42 Å². The van der Waals surface area contributed by atoms with E-state index in [0.717, 1.165) is 19.0 Å². The van der Waals surface area contributed by atoms with E-state index in [1.54, 1.807) is 0 Å². The Morgan fingerprint density at radius 3 is 2.44 bits per heavy atom. The molecule has 1 rings (SSSR count). The number of rotatable bonds is 6. The van der Waals surface area contributed by atoms with Crippen LogP contribution in [0.4, 0.5) is 0 Å². The molecule has 0 aromatic rings. The first-order chi connectivity index (χ1) is 7.47. The quantitative estimate of drug-likeness (QED) is 0.767. The molecule has 0 saturated heterocycles. The van der Waals surface area contributed by atoms with E-state index in [1.165, 1.54) is 32.1 Å². The average Bonchev–Trinajstić information content (AvgIpc) is 2.17. The van der Waals surface area contributed by atoms with Gasteiger partial charge in [-0.1, -0.05) is 19.3 Å². The molecule has 0 bridgehead atoms. The second-order valence-electron chi connectivity index (χ2n) is 4.99. The van der Waals surface area contributed by atoms with Gasteiger partial charge >= 0.3 is 0 Å². The third kappa shape index (κ3) is 6.45. The largest absolute Gasteiger partial charge is 0.306 e. The highest BCUT2D eigenvalue weighted by atomic mass is 32.2. The van der Waals surface area contributed by atoms with Crippen molar-refractivity contribution in [1.29, 1.82) is 0 Å². The molecule has 16 heavy (non-hydrogen) atoms. The van der Waals surface area contributed by atoms with Crippen LogP contribution in [-0.2, 0) is 10.0 Å². The van der Waals surface area contributed by atoms with Crippen LogP contribution in [0.25, 0.3) is 0 Å². The Morgan fingerprint density at radius 2 is 1.88 bits per heavy atom. The third-order valence-corrected chi connectivity index (χ3v) is 4.12. The zero-order valence-corrected chi connectivity index (χ0v) is 11.0. The van der Waals surface area contributed by atoms with E-state index >= 15 is 0 Å². The maximum atomic E-state index is 10.8.